The molecule has 0 spiro atoms. The Labute approximate surface area is 119 Å². The van der Waals surface area contributed by atoms with Gasteiger partial charge in [-0.2, -0.15) is 0 Å². The number of hydrogen-bond donors (Lipinski definition) is 1. The van der Waals surface area contributed by atoms with Crippen molar-refractivity contribution < 1.29 is 19.4 Å². The number of hydrogen-bond acceptors (Lipinski definition) is 3. The van der Waals surface area contributed by atoms with Crippen LogP contribution >= 0.6 is 0 Å². The number of carboxylic acids is 1. The molecule has 5 nitrogen and oxygen atoms in total. The molecule has 0 bridgehead atoms. The Hall–Kier alpha value is -2.04. The van der Waals surface area contributed by atoms with E-state index in [-0.39, 0.29) is 18.4 Å². The van der Waals surface area contributed by atoms with E-state index in [1.807, 2.05) is 31.2 Å². The molecule has 1 unspecified atom stereocenters. The summed E-state index contributed by atoms with van der Waals surface area (Å²) in [4.78, 5) is 24.2. The van der Waals surface area contributed by atoms with Crippen LogP contribution in [0, 0.1) is 5.92 Å². The largest absolute Gasteiger partial charge is 0.497 e. The third-order valence-corrected chi connectivity index (χ3v) is 3.14. The van der Waals surface area contributed by atoms with Crippen LogP contribution in [0.3, 0.4) is 0 Å². The Bertz CT molecular complexity index is 455. The van der Waals surface area contributed by atoms with Gasteiger partial charge in [0.25, 0.3) is 0 Å². The topological polar surface area (TPSA) is 66.8 Å². The van der Waals surface area contributed by atoms with Crippen LogP contribution in [0.2, 0.25) is 0 Å². The Morgan fingerprint density at radius 3 is 2.35 bits per heavy atom. The Morgan fingerprint density at radius 1 is 1.30 bits per heavy atom. The Balaban J connectivity index is 2.65. The molecular formula is C15H21NO4. The second-order valence-corrected chi connectivity index (χ2v) is 4.70. The van der Waals surface area contributed by atoms with Gasteiger partial charge in [0.05, 0.1) is 7.11 Å². The highest BCUT2D eigenvalue weighted by Gasteiger charge is 2.21. The van der Waals surface area contributed by atoms with Gasteiger partial charge in [0.2, 0.25) is 5.91 Å². The summed E-state index contributed by atoms with van der Waals surface area (Å²) in [6.07, 6.45) is 0.582. The van der Waals surface area contributed by atoms with Gasteiger partial charge in [-0.3, -0.25) is 9.59 Å². The lowest BCUT2D eigenvalue weighted by molar-refractivity contribution is -0.145. The third kappa shape index (κ3) is 4.57. The minimum absolute atomic E-state index is 0.134. The fourth-order valence-corrected chi connectivity index (χ4v) is 2.02. The van der Waals surface area contributed by atoms with Crippen molar-refractivity contribution in [2.45, 2.75) is 20.3 Å². The van der Waals surface area contributed by atoms with E-state index in [0.717, 1.165) is 11.3 Å². The zero-order valence-electron chi connectivity index (χ0n) is 12.1. The summed E-state index contributed by atoms with van der Waals surface area (Å²) in [7, 11) is 1.60. The predicted molar refractivity (Wildman–Crippen MR) is 75.8 cm³/mol. The van der Waals surface area contributed by atoms with Crippen molar-refractivity contribution in [3.63, 3.8) is 0 Å². The maximum absolute atomic E-state index is 12.2. The molecule has 0 radical (unpaired) electrons. The third-order valence-electron chi connectivity index (χ3n) is 3.14. The summed E-state index contributed by atoms with van der Waals surface area (Å²) in [5.41, 5.74) is 1.03. The molecular weight excluding hydrogens is 258 g/mol. The minimum Gasteiger partial charge on any atom is -0.497 e. The molecule has 0 aromatic heterocycles. The van der Waals surface area contributed by atoms with Crippen LogP contribution in [0.25, 0.3) is 0 Å². The maximum Gasteiger partial charge on any atom is 0.323 e. The van der Waals surface area contributed by atoms with Gasteiger partial charge in [-0.1, -0.05) is 19.1 Å². The summed E-state index contributed by atoms with van der Waals surface area (Å²) in [5.74, 6) is -0.598. The number of aliphatic carboxylic acids is 1. The SMILES string of the molecule is CCN(CC(=O)O)C(=O)C(C)Cc1ccc(OC)cc1. The van der Waals surface area contributed by atoms with E-state index in [9.17, 15) is 9.59 Å². The molecule has 1 amide bonds. The van der Waals surface area contributed by atoms with Crippen molar-refractivity contribution in [1.29, 1.82) is 0 Å². The first-order chi connectivity index (χ1) is 9.47. The molecule has 1 rings (SSSR count). The van der Waals surface area contributed by atoms with Crippen LogP contribution in [0.4, 0.5) is 0 Å². The van der Waals surface area contributed by atoms with Gasteiger partial charge in [-0.05, 0) is 31.0 Å². The molecule has 1 aromatic carbocycles. The number of ether oxygens (including phenoxy) is 1. The van der Waals surface area contributed by atoms with E-state index in [4.69, 9.17) is 9.84 Å². The summed E-state index contributed by atoms with van der Waals surface area (Å²) < 4.78 is 5.08. The van der Waals surface area contributed by atoms with E-state index in [1.54, 1.807) is 14.0 Å². The smallest absolute Gasteiger partial charge is 0.323 e. The van der Waals surface area contributed by atoms with Crippen molar-refractivity contribution in [1.82, 2.24) is 4.90 Å². The normalized spacial score (nSPS) is 11.8. The number of carbonyl (C=O) groups excluding carboxylic acids is 1. The molecule has 1 N–H and O–H groups in total. The first kappa shape index (κ1) is 16.0. The van der Waals surface area contributed by atoms with E-state index >= 15 is 0 Å². The molecule has 0 saturated heterocycles. The molecule has 1 atom stereocenters. The fraction of sp³-hybridized carbons (Fsp3) is 0.467. The fourth-order valence-electron chi connectivity index (χ4n) is 2.02. The average molecular weight is 279 g/mol. The molecule has 0 aliphatic heterocycles. The van der Waals surface area contributed by atoms with E-state index in [0.29, 0.717) is 13.0 Å². The average Bonchev–Trinajstić information content (AvgIpc) is 2.44. The van der Waals surface area contributed by atoms with Crippen molar-refractivity contribution in [3.05, 3.63) is 29.8 Å². The highest BCUT2D eigenvalue weighted by atomic mass is 16.5. The number of benzene rings is 1. The second-order valence-electron chi connectivity index (χ2n) is 4.70. The van der Waals surface area contributed by atoms with Gasteiger partial charge in [0.1, 0.15) is 12.3 Å². The highest BCUT2D eigenvalue weighted by Crippen LogP contribution is 2.16. The number of carboxylic acid groups (broad SMARTS) is 1. The Morgan fingerprint density at radius 2 is 1.90 bits per heavy atom. The van der Waals surface area contributed by atoms with Crippen LogP contribution in [0.15, 0.2) is 24.3 Å². The molecule has 110 valence electrons. The van der Waals surface area contributed by atoms with Gasteiger partial charge in [0.15, 0.2) is 0 Å². The van der Waals surface area contributed by atoms with Crippen LogP contribution in [-0.2, 0) is 16.0 Å². The minimum atomic E-state index is -0.989. The van der Waals surface area contributed by atoms with Gasteiger partial charge in [-0.25, -0.2) is 0 Å². The van der Waals surface area contributed by atoms with Crippen molar-refractivity contribution in [2.75, 3.05) is 20.2 Å². The molecule has 0 saturated carbocycles. The van der Waals surface area contributed by atoms with Gasteiger partial charge in [0, 0.05) is 12.5 Å². The maximum atomic E-state index is 12.2. The molecule has 0 heterocycles. The van der Waals surface area contributed by atoms with Crippen molar-refractivity contribution in [3.8, 4) is 5.75 Å². The lowest BCUT2D eigenvalue weighted by Crippen LogP contribution is -2.39. The molecule has 0 aliphatic carbocycles. The monoisotopic (exact) mass is 279 g/mol. The van der Waals surface area contributed by atoms with Crippen LogP contribution in [0.1, 0.15) is 19.4 Å². The van der Waals surface area contributed by atoms with E-state index < -0.39 is 5.97 Å². The molecule has 1 aromatic rings. The summed E-state index contributed by atoms with van der Waals surface area (Å²) in [6.45, 7) is 3.75. The Kier molecular flexibility index (Phi) is 6.03. The lowest BCUT2D eigenvalue weighted by Gasteiger charge is -2.22. The summed E-state index contributed by atoms with van der Waals surface area (Å²) >= 11 is 0. The number of likely N-dealkylation sites (N-methyl/N-ethyl adjacent to an activating group) is 1. The lowest BCUT2D eigenvalue weighted by atomic mass is 9.99. The van der Waals surface area contributed by atoms with Crippen LogP contribution in [0.5, 0.6) is 5.75 Å². The molecule has 5 heteroatoms. The number of nitrogens with zero attached hydrogens (tertiary/aromatic N) is 1. The molecule has 20 heavy (non-hydrogen) atoms. The summed E-state index contributed by atoms with van der Waals surface area (Å²) in [5, 5.41) is 8.79. The first-order valence-corrected chi connectivity index (χ1v) is 6.61. The number of carbonyl (C=O) groups is 2. The zero-order chi connectivity index (χ0) is 15.1. The number of methoxy groups -OCH3 is 1. The van der Waals surface area contributed by atoms with Crippen LogP contribution < -0.4 is 4.74 Å². The number of amides is 1. The predicted octanol–water partition coefficient (Wildman–Crippen LogP) is 1.81. The van der Waals surface area contributed by atoms with Gasteiger partial charge in [-0.15, -0.1) is 0 Å². The van der Waals surface area contributed by atoms with Crippen molar-refractivity contribution in [2.24, 2.45) is 5.92 Å². The van der Waals surface area contributed by atoms with Gasteiger partial charge >= 0.3 is 5.97 Å². The van der Waals surface area contributed by atoms with Crippen LogP contribution in [-0.4, -0.2) is 42.1 Å². The highest BCUT2D eigenvalue weighted by molar-refractivity contribution is 5.83. The van der Waals surface area contributed by atoms with E-state index in [2.05, 4.69) is 0 Å². The van der Waals surface area contributed by atoms with Gasteiger partial charge < -0.3 is 14.7 Å². The first-order valence-electron chi connectivity index (χ1n) is 6.61. The molecule has 0 fully saturated rings. The molecule has 0 aliphatic rings. The zero-order valence-corrected chi connectivity index (χ0v) is 12.1. The van der Waals surface area contributed by atoms with Crippen molar-refractivity contribution >= 4 is 11.9 Å². The second kappa shape index (κ2) is 7.53. The quantitative estimate of drug-likeness (QED) is 0.826. The number of rotatable bonds is 7. The standard InChI is InChI=1S/C15H21NO4/c1-4-16(10-14(17)18)15(19)11(2)9-12-5-7-13(20-3)8-6-12/h5-8,11H,4,9-10H2,1-3H3,(H,17,18). The summed E-state index contributed by atoms with van der Waals surface area (Å²) in [6, 6.07) is 7.52. The van der Waals surface area contributed by atoms with E-state index in [1.165, 1.54) is 4.90 Å².